The average Bonchev–Trinajstić information content (AvgIpc) is 2.82. The van der Waals surface area contributed by atoms with Crippen molar-refractivity contribution in [3.8, 4) is 0 Å². The van der Waals surface area contributed by atoms with Crippen LogP contribution >= 0.6 is 34.7 Å². The van der Waals surface area contributed by atoms with Crippen LogP contribution in [0.4, 0.5) is 0 Å². The first-order valence-electron chi connectivity index (χ1n) is 6.28. The van der Waals surface area contributed by atoms with Crippen LogP contribution in [0.25, 0.3) is 0 Å². The number of hydrogen-bond acceptors (Lipinski definition) is 4. The molecule has 19 heavy (non-hydrogen) atoms. The predicted octanol–water partition coefficient (Wildman–Crippen LogP) is 4.46. The van der Waals surface area contributed by atoms with Crippen LogP contribution < -0.4 is 0 Å². The van der Waals surface area contributed by atoms with Crippen molar-refractivity contribution in [2.75, 3.05) is 0 Å². The SMILES string of the molecule is OC1CCCc2sc(CSc3ccccc3Cl)nc21. The fourth-order valence-electron chi connectivity index (χ4n) is 2.21. The van der Waals surface area contributed by atoms with Gasteiger partial charge in [-0.05, 0) is 31.4 Å². The zero-order chi connectivity index (χ0) is 13.2. The number of aryl methyl sites for hydroxylation is 1. The van der Waals surface area contributed by atoms with E-state index in [-0.39, 0.29) is 6.10 Å². The van der Waals surface area contributed by atoms with E-state index in [0.717, 1.165) is 45.6 Å². The average molecular weight is 312 g/mol. The van der Waals surface area contributed by atoms with E-state index in [9.17, 15) is 5.11 Å². The Morgan fingerprint density at radius 1 is 1.42 bits per heavy atom. The van der Waals surface area contributed by atoms with Crippen molar-refractivity contribution >= 4 is 34.7 Å². The van der Waals surface area contributed by atoms with Gasteiger partial charge in [0.25, 0.3) is 0 Å². The first-order valence-corrected chi connectivity index (χ1v) is 8.46. The Labute approximate surface area is 125 Å². The van der Waals surface area contributed by atoms with E-state index in [0.29, 0.717) is 0 Å². The molecule has 0 fully saturated rings. The number of aromatic nitrogens is 1. The molecule has 0 radical (unpaired) electrons. The van der Waals surface area contributed by atoms with E-state index in [2.05, 4.69) is 4.98 Å². The molecule has 2 nitrogen and oxygen atoms in total. The van der Waals surface area contributed by atoms with Crippen LogP contribution in [-0.4, -0.2) is 10.1 Å². The second kappa shape index (κ2) is 5.83. The molecule has 3 rings (SSSR count). The fourth-order valence-corrected chi connectivity index (χ4v) is 4.61. The van der Waals surface area contributed by atoms with Crippen LogP contribution in [0.3, 0.4) is 0 Å². The molecule has 0 saturated heterocycles. The van der Waals surface area contributed by atoms with Gasteiger partial charge in [0.15, 0.2) is 0 Å². The summed E-state index contributed by atoms with van der Waals surface area (Å²) in [6, 6.07) is 7.85. The van der Waals surface area contributed by atoms with Crippen molar-refractivity contribution in [1.82, 2.24) is 4.98 Å². The molecule has 100 valence electrons. The summed E-state index contributed by atoms with van der Waals surface area (Å²) in [5, 5.41) is 11.8. The van der Waals surface area contributed by atoms with Crippen LogP contribution in [-0.2, 0) is 12.2 Å². The van der Waals surface area contributed by atoms with Gasteiger partial charge in [0.1, 0.15) is 5.01 Å². The third kappa shape index (κ3) is 2.97. The van der Waals surface area contributed by atoms with E-state index in [4.69, 9.17) is 11.6 Å². The molecule has 1 atom stereocenters. The van der Waals surface area contributed by atoms with Gasteiger partial charge in [0.05, 0.1) is 22.6 Å². The number of thiazole rings is 1. The second-order valence-electron chi connectivity index (χ2n) is 4.54. The van der Waals surface area contributed by atoms with Gasteiger partial charge in [-0.1, -0.05) is 23.7 Å². The van der Waals surface area contributed by atoms with Gasteiger partial charge in [-0.2, -0.15) is 0 Å². The zero-order valence-electron chi connectivity index (χ0n) is 10.3. The lowest BCUT2D eigenvalue weighted by atomic mass is 10.0. The number of benzene rings is 1. The van der Waals surface area contributed by atoms with Crippen molar-refractivity contribution in [2.45, 2.75) is 36.0 Å². The van der Waals surface area contributed by atoms with Gasteiger partial charge in [-0.25, -0.2) is 4.98 Å². The van der Waals surface area contributed by atoms with E-state index >= 15 is 0 Å². The summed E-state index contributed by atoms with van der Waals surface area (Å²) in [4.78, 5) is 6.92. The van der Waals surface area contributed by atoms with Crippen molar-refractivity contribution in [2.24, 2.45) is 0 Å². The van der Waals surface area contributed by atoms with Gasteiger partial charge < -0.3 is 5.11 Å². The Kier molecular flexibility index (Phi) is 4.12. The van der Waals surface area contributed by atoms with Crippen molar-refractivity contribution in [3.05, 3.63) is 44.9 Å². The molecule has 1 aromatic heterocycles. The molecule has 0 aliphatic heterocycles. The van der Waals surface area contributed by atoms with Gasteiger partial charge in [-0.15, -0.1) is 23.1 Å². The summed E-state index contributed by atoms with van der Waals surface area (Å²) in [5.74, 6) is 0.814. The minimum atomic E-state index is -0.362. The Morgan fingerprint density at radius 2 is 2.26 bits per heavy atom. The molecule has 1 aliphatic rings. The number of thioether (sulfide) groups is 1. The normalized spacial score (nSPS) is 18.3. The predicted molar refractivity (Wildman–Crippen MR) is 81.0 cm³/mol. The van der Waals surface area contributed by atoms with Crippen LogP contribution in [0.2, 0.25) is 5.02 Å². The summed E-state index contributed by atoms with van der Waals surface area (Å²) in [5.41, 5.74) is 0.908. The summed E-state index contributed by atoms with van der Waals surface area (Å²) in [6.07, 6.45) is 2.60. The first kappa shape index (κ1) is 13.4. The molecule has 0 saturated carbocycles. The molecular formula is C14H14ClNOS2. The standard InChI is InChI=1S/C14H14ClNOS2/c15-9-4-1-2-6-11(9)18-8-13-16-14-10(17)5-3-7-12(14)19-13/h1-2,4,6,10,17H,3,5,7-8H2. The smallest absolute Gasteiger partial charge is 0.103 e. The fraction of sp³-hybridized carbons (Fsp3) is 0.357. The van der Waals surface area contributed by atoms with E-state index in [1.165, 1.54) is 4.88 Å². The van der Waals surface area contributed by atoms with Crippen LogP contribution in [0.15, 0.2) is 29.2 Å². The van der Waals surface area contributed by atoms with E-state index in [1.54, 1.807) is 23.1 Å². The number of aliphatic hydroxyl groups is 1. The molecule has 2 aromatic rings. The molecule has 0 bridgehead atoms. The minimum absolute atomic E-state index is 0.362. The third-order valence-electron chi connectivity index (χ3n) is 3.16. The number of hydrogen-bond donors (Lipinski definition) is 1. The van der Waals surface area contributed by atoms with Crippen LogP contribution in [0.5, 0.6) is 0 Å². The highest BCUT2D eigenvalue weighted by Crippen LogP contribution is 2.36. The Morgan fingerprint density at radius 3 is 3.05 bits per heavy atom. The van der Waals surface area contributed by atoms with Gasteiger partial charge >= 0.3 is 0 Å². The monoisotopic (exact) mass is 311 g/mol. The van der Waals surface area contributed by atoms with Crippen LogP contribution in [0.1, 0.15) is 34.5 Å². The van der Waals surface area contributed by atoms with Crippen molar-refractivity contribution < 1.29 is 5.11 Å². The zero-order valence-corrected chi connectivity index (χ0v) is 12.7. The van der Waals surface area contributed by atoms with E-state index in [1.807, 2.05) is 24.3 Å². The number of fused-ring (bicyclic) bond motifs is 1. The maximum Gasteiger partial charge on any atom is 0.103 e. The quantitative estimate of drug-likeness (QED) is 0.850. The maximum absolute atomic E-state index is 9.92. The van der Waals surface area contributed by atoms with Crippen molar-refractivity contribution in [3.63, 3.8) is 0 Å². The summed E-state index contributed by atoms with van der Waals surface area (Å²) in [6.45, 7) is 0. The highest BCUT2D eigenvalue weighted by molar-refractivity contribution is 7.98. The van der Waals surface area contributed by atoms with Crippen LogP contribution in [0, 0.1) is 0 Å². The number of nitrogens with zero attached hydrogens (tertiary/aromatic N) is 1. The Hall–Kier alpha value is -0.550. The second-order valence-corrected chi connectivity index (χ2v) is 7.14. The minimum Gasteiger partial charge on any atom is -0.387 e. The lowest BCUT2D eigenvalue weighted by molar-refractivity contribution is 0.153. The number of aliphatic hydroxyl groups excluding tert-OH is 1. The number of rotatable bonds is 3. The molecule has 1 unspecified atom stereocenters. The molecule has 0 spiro atoms. The number of halogens is 1. The molecule has 1 aromatic carbocycles. The molecule has 5 heteroatoms. The Balaban J connectivity index is 1.73. The molecular weight excluding hydrogens is 298 g/mol. The lowest BCUT2D eigenvalue weighted by Crippen LogP contribution is -2.07. The van der Waals surface area contributed by atoms with Gasteiger partial charge in [-0.3, -0.25) is 0 Å². The molecule has 1 aliphatic carbocycles. The summed E-state index contributed by atoms with van der Waals surface area (Å²) < 4.78 is 0. The van der Waals surface area contributed by atoms with Gasteiger partial charge in [0, 0.05) is 9.77 Å². The third-order valence-corrected chi connectivity index (χ3v) is 6.00. The van der Waals surface area contributed by atoms with Crippen molar-refractivity contribution in [1.29, 1.82) is 0 Å². The lowest BCUT2D eigenvalue weighted by Gasteiger charge is -2.14. The molecule has 1 heterocycles. The highest BCUT2D eigenvalue weighted by Gasteiger charge is 2.22. The largest absolute Gasteiger partial charge is 0.387 e. The van der Waals surface area contributed by atoms with Gasteiger partial charge in [0.2, 0.25) is 0 Å². The molecule has 1 N–H and O–H groups in total. The summed E-state index contributed by atoms with van der Waals surface area (Å²) >= 11 is 9.57. The maximum atomic E-state index is 9.92. The Bertz CT molecular complexity index is 585. The first-order chi connectivity index (χ1) is 9.24. The molecule has 0 amide bonds. The highest BCUT2D eigenvalue weighted by atomic mass is 35.5. The van der Waals surface area contributed by atoms with E-state index < -0.39 is 0 Å². The topological polar surface area (TPSA) is 33.1 Å². The summed E-state index contributed by atoms with van der Waals surface area (Å²) in [7, 11) is 0.